The van der Waals surface area contributed by atoms with Gasteiger partial charge in [-0.3, -0.25) is 4.90 Å². The Balaban J connectivity index is 2.04. The van der Waals surface area contributed by atoms with Gasteiger partial charge in [-0.2, -0.15) is 0 Å². The Morgan fingerprint density at radius 2 is 2.26 bits per heavy atom. The van der Waals surface area contributed by atoms with Crippen molar-refractivity contribution in [2.75, 3.05) is 40.5 Å². The molecule has 2 aliphatic rings. The molecule has 104 valence electrons. The number of ether oxygens (including phenoxy) is 2. The zero-order chi connectivity index (χ0) is 13.5. The van der Waals surface area contributed by atoms with Gasteiger partial charge in [-0.1, -0.05) is 6.07 Å². The Morgan fingerprint density at radius 3 is 2.84 bits per heavy atom. The van der Waals surface area contributed by atoms with Crippen LogP contribution in [0.25, 0.3) is 0 Å². The highest BCUT2D eigenvalue weighted by atomic mass is 16.5. The molecule has 0 aliphatic carbocycles. The van der Waals surface area contributed by atoms with Crippen LogP contribution in [0.4, 0.5) is 0 Å². The normalized spacial score (nSPS) is 25.5. The smallest absolute Gasteiger partial charge is 0.119 e. The number of nitrogens with zero attached hydrogens (tertiary/aromatic N) is 1. The van der Waals surface area contributed by atoms with E-state index in [0.717, 1.165) is 18.7 Å². The van der Waals surface area contributed by atoms with E-state index in [9.17, 15) is 5.11 Å². The summed E-state index contributed by atoms with van der Waals surface area (Å²) in [7, 11) is 3.82. The molecule has 1 unspecified atom stereocenters. The largest absolute Gasteiger partial charge is 0.497 e. The monoisotopic (exact) mass is 263 g/mol. The number of methoxy groups -OCH3 is 1. The Morgan fingerprint density at radius 1 is 1.47 bits per heavy atom. The maximum atomic E-state index is 9.82. The van der Waals surface area contributed by atoms with Crippen LogP contribution in [0.3, 0.4) is 0 Å². The van der Waals surface area contributed by atoms with Crippen molar-refractivity contribution in [1.82, 2.24) is 4.90 Å². The highest BCUT2D eigenvalue weighted by Gasteiger charge is 2.49. The van der Waals surface area contributed by atoms with E-state index in [-0.39, 0.29) is 18.1 Å². The Bertz CT molecular complexity index is 465. The molecule has 1 aromatic carbocycles. The summed E-state index contributed by atoms with van der Waals surface area (Å²) >= 11 is 0. The predicted octanol–water partition coefficient (Wildman–Crippen LogP) is 1.23. The van der Waals surface area contributed by atoms with Gasteiger partial charge >= 0.3 is 0 Å². The standard InChI is InChI=1S/C15H21NO3/c1-16-6-5-11-3-4-12(18-2)7-13(11)14(16)15(8-17)9-19-10-15/h3-4,7,14,17H,5-6,8-10H2,1-2H3. The van der Waals surface area contributed by atoms with Crippen molar-refractivity contribution in [1.29, 1.82) is 0 Å². The van der Waals surface area contributed by atoms with E-state index in [2.05, 4.69) is 24.1 Å². The number of hydrogen-bond donors (Lipinski definition) is 1. The number of aliphatic hydroxyl groups is 1. The lowest BCUT2D eigenvalue weighted by atomic mass is 9.72. The van der Waals surface area contributed by atoms with E-state index in [1.807, 2.05) is 6.07 Å². The van der Waals surface area contributed by atoms with Crippen LogP contribution >= 0.6 is 0 Å². The first-order chi connectivity index (χ1) is 9.20. The van der Waals surface area contributed by atoms with E-state index < -0.39 is 0 Å². The number of likely N-dealkylation sites (N-methyl/N-ethyl adjacent to an activating group) is 1. The molecule has 1 atom stereocenters. The van der Waals surface area contributed by atoms with Gasteiger partial charge in [-0.25, -0.2) is 0 Å². The van der Waals surface area contributed by atoms with Crippen LogP contribution in [0, 0.1) is 5.41 Å². The maximum absolute atomic E-state index is 9.82. The van der Waals surface area contributed by atoms with Gasteiger partial charge in [0.15, 0.2) is 0 Å². The molecule has 1 saturated heterocycles. The van der Waals surface area contributed by atoms with Crippen LogP contribution in [-0.2, 0) is 11.2 Å². The van der Waals surface area contributed by atoms with Gasteiger partial charge in [0.05, 0.1) is 32.3 Å². The lowest BCUT2D eigenvalue weighted by Crippen LogP contribution is -2.56. The number of fused-ring (bicyclic) bond motifs is 1. The third-order valence-corrected chi connectivity index (χ3v) is 4.50. The molecule has 4 nitrogen and oxygen atoms in total. The zero-order valence-corrected chi connectivity index (χ0v) is 11.6. The summed E-state index contributed by atoms with van der Waals surface area (Å²) in [4.78, 5) is 2.33. The first-order valence-corrected chi connectivity index (χ1v) is 6.76. The highest BCUT2D eigenvalue weighted by Crippen LogP contribution is 2.47. The average Bonchev–Trinajstić information content (AvgIpc) is 2.40. The molecule has 4 heteroatoms. The minimum absolute atomic E-state index is 0.156. The number of rotatable bonds is 3. The molecule has 1 N–H and O–H groups in total. The third-order valence-electron chi connectivity index (χ3n) is 4.50. The maximum Gasteiger partial charge on any atom is 0.119 e. The second-order valence-corrected chi connectivity index (χ2v) is 5.71. The number of benzene rings is 1. The Kier molecular flexibility index (Phi) is 3.25. The highest BCUT2D eigenvalue weighted by molar-refractivity contribution is 5.40. The molecular formula is C15H21NO3. The molecule has 2 heterocycles. The zero-order valence-electron chi connectivity index (χ0n) is 11.6. The van der Waals surface area contributed by atoms with Crippen molar-refractivity contribution in [3.8, 4) is 5.75 Å². The molecule has 0 bridgehead atoms. The predicted molar refractivity (Wildman–Crippen MR) is 72.4 cm³/mol. The van der Waals surface area contributed by atoms with Crippen molar-refractivity contribution in [3.05, 3.63) is 29.3 Å². The molecule has 0 spiro atoms. The van der Waals surface area contributed by atoms with E-state index in [1.165, 1.54) is 11.1 Å². The summed E-state index contributed by atoms with van der Waals surface area (Å²) in [6, 6.07) is 6.50. The molecule has 1 aromatic rings. The van der Waals surface area contributed by atoms with Crippen molar-refractivity contribution >= 4 is 0 Å². The lowest BCUT2D eigenvalue weighted by Gasteiger charge is -2.51. The number of hydrogen-bond acceptors (Lipinski definition) is 4. The fourth-order valence-corrected chi connectivity index (χ4v) is 3.34. The van der Waals surface area contributed by atoms with Crippen LogP contribution in [0.2, 0.25) is 0 Å². The molecule has 1 fully saturated rings. The van der Waals surface area contributed by atoms with Crippen LogP contribution in [0.5, 0.6) is 5.75 Å². The SMILES string of the molecule is COc1ccc2c(c1)C(C1(CO)COC1)N(C)CC2. The summed E-state index contributed by atoms with van der Waals surface area (Å²) in [6.45, 7) is 2.45. The van der Waals surface area contributed by atoms with Crippen LogP contribution in [0.1, 0.15) is 17.2 Å². The molecule has 2 aliphatic heterocycles. The molecular weight excluding hydrogens is 242 g/mol. The Labute approximate surface area is 113 Å². The first-order valence-electron chi connectivity index (χ1n) is 6.76. The molecule has 0 amide bonds. The minimum Gasteiger partial charge on any atom is -0.497 e. The third kappa shape index (κ3) is 1.95. The first kappa shape index (κ1) is 12.9. The molecule has 19 heavy (non-hydrogen) atoms. The minimum atomic E-state index is -0.156. The summed E-state index contributed by atoms with van der Waals surface area (Å²) in [5, 5.41) is 9.82. The molecule has 0 aromatic heterocycles. The second-order valence-electron chi connectivity index (χ2n) is 5.71. The lowest BCUT2D eigenvalue weighted by molar-refractivity contribution is -0.176. The van der Waals surface area contributed by atoms with Gasteiger partial charge in [0.1, 0.15) is 5.75 Å². The molecule has 0 radical (unpaired) electrons. The van der Waals surface area contributed by atoms with Gasteiger partial charge in [-0.15, -0.1) is 0 Å². The van der Waals surface area contributed by atoms with E-state index >= 15 is 0 Å². The van der Waals surface area contributed by atoms with Gasteiger partial charge < -0.3 is 14.6 Å². The molecule has 3 rings (SSSR count). The fraction of sp³-hybridized carbons (Fsp3) is 0.600. The van der Waals surface area contributed by atoms with E-state index in [1.54, 1.807) is 7.11 Å². The van der Waals surface area contributed by atoms with Crippen LogP contribution < -0.4 is 4.74 Å². The second kappa shape index (κ2) is 4.78. The van der Waals surface area contributed by atoms with Crippen molar-refractivity contribution < 1.29 is 14.6 Å². The van der Waals surface area contributed by atoms with Gasteiger partial charge in [-0.05, 0) is 36.7 Å². The van der Waals surface area contributed by atoms with E-state index in [4.69, 9.17) is 9.47 Å². The van der Waals surface area contributed by atoms with Crippen LogP contribution in [-0.4, -0.2) is 50.5 Å². The van der Waals surface area contributed by atoms with E-state index in [0.29, 0.717) is 13.2 Å². The molecule has 0 saturated carbocycles. The Hall–Kier alpha value is -1.10. The fourth-order valence-electron chi connectivity index (χ4n) is 3.34. The average molecular weight is 263 g/mol. The summed E-state index contributed by atoms with van der Waals surface area (Å²) < 4.78 is 10.7. The summed E-state index contributed by atoms with van der Waals surface area (Å²) in [5.41, 5.74) is 2.49. The summed E-state index contributed by atoms with van der Waals surface area (Å²) in [6.07, 6.45) is 1.05. The van der Waals surface area contributed by atoms with Gasteiger partial charge in [0, 0.05) is 12.6 Å². The quantitative estimate of drug-likeness (QED) is 0.891. The van der Waals surface area contributed by atoms with Crippen molar-refractivity contribution in [2.45, 2.75) is 12.5 Å². The van der Waals surface area contributed by atoms with Crippen LogP contribution in [0.15, 0.2) is 18.2 Å². The number of aliphatic hydroxyl groups excluding tert-OH is 1. The topological polar surface area (TPSA) is 41.9 Å². The van der Waals surface area contributed by atoms with Crippen molar-refractivity contribution in [2.24, 2.45) is 5.41 Å². The summed E-state index contributed by atoms with van der Waals surface area (Å²) in [5.74, 6) is 0.882. The van der Waals surface area contributed by atoms with Crippen molar-refractivity contribution in [3.63, 3.8) is 0 Å². The van der Waals surface area contributed by atoms with Gasteiger partial charge in [0.2, 0.25) is 0 Å². The van der Waals surface area contributed by atoms with Gasteiger partial charge in [0.25, 0.3) is 0 Å².